The summed E-state index contributed by atoms with van der Waals surface area (Å²) in [5, 5.41) is 16.5. The quantitative estimate of drug-likeness (QED) is 0.105. The Balaban J connectivity index is 1.34. The Bertz CT molecular complexity index is 1860. The highest BCUT2D eigenvalue weighted by molar-refractivity contribution is 5.86. The molecular formula is C38H41N5O5. The van der Waals surface area contributed by atoms with E-state index in [1.54, 1.807) is 31.8 Å². The summed E-state index contributed by atoms with van der Waals surface area (Å²) in [4.78, 5) is 44.3. The highest BCUT2D eigenvalue weighted by Gasteiger charge is 2.26. The molecular weight excluding hydrogens is 606 g/mol. The van der Waals surface area contributed by atoms with Gasteiger partial charge in [0.15, 0.2) is 0 Å². The number of imidazole rings is 1. The molecule has 2 amide bonds. The maximum absolute atomic E-state index is 14.0. The molecule has 48 heavy (non-hydrogen) atoms. The first kappa shape index (κ1) is 33.8. The first-order chi connectivity index (χ1) is 23.2. The highest BCUT2D eigenvalue weighted by Crippen LogP contribution is 2.23. The van der Waals surface area contributed by atoms with Gasteiger partial charge < -0.3 is 19.5 Å². The van der Waals surface area contributed by atoms with Gasteiger partial charge in [-0.3, -0.25) is 19.7 Å². The van der Waals surface area contributed by atoms with E-state index in [0.717, 1.165) is 39.6 Å². The number of carbonyl (C=O) groups is 2. The molecule has 5 aromatic rings. The Morgan fingerprint density at radius 3 is 2.48 bits per heavy atom. The third-order valence-corrected chi connectivity index (χ3v) is 8.82. The lowest BCUT2D eigenvalue weighted by Crippen LogP contribution is -2.49. The van der Waals surface area contributed by atoms with Crippen molar-refractivity contribution in [2.75, 3.05) is 13.7 Å². The number of hydrogen-bond acceptors (Lipinski definition) is 6. The summed E-state index contributed by atoms with van der Waals surface area (Å²) in [6.45, 7) is 5.33. The standard InChI is InChI=1S/C38H41N5O5/c1-4-27(2)36(40-37(44)21-33-22-39-26-42(33)23-28-15-17-32(18-16-28)43(46)47)25-41(38(45)20-29-9-7-13-34(19-29)48-3)24-31-12-8-11-30-10-5-6-14-35(30)31/h5-19,22,26-27,36H,4,20-21,23-25H2,1-3H3,(H,40,44)/t27-,36+/m0/s1. The third kappa shape index (κ3) is 8.64. The topological polar surface area (TPSA) is 120 Å². The van der Waals surface area contributed by atoms with Crippen molar-refractivity contribution in [3.63, 3.8) is 0 Å². The van der Waals surface area contributed by atoms with Crippen molar-refractivity contribution in [1.82, 2.24) is 19.8 Å². The van der Waals surface area contributed by atoms with Gasteiger partial charge >= 0.3 is 0 Å². The molecule has 2 atom stereocenters. The van der Waals surface area contributed by atoms with Gasteiger partial charge in [0.25, 0.3) is 5.69 Å². The summed E-state index contributed by atoms with van der Waals surface area (Å²) in [6.07, 6.45) is 4.42. The van der Waals surface area contributed by atoms with Crippen LogP contribution in [0.3, 0.4) is 0 Å². The van der Waals surface area contributed by atoms with Crippen LogP contribution in [-0.4, -0.2) is 50.9 Å². The number of nitro groups is 1. The SMILES string of the molecule is CC[C@H](C)[C@@H](CN(Cc1cccc2ccccc12)C(=O)Cc1cccc(OC)c1)NC(=O)Cc1cncn1Cc1ccc([N+](=O)[O-])cc1. The number of fused-ring (bicyclic) bond motifs is 1. The summed E-state index contributed by atoms with van der Waals surface area (Å²) >= 11 is 0. The Morgan fingerprint density at radius 1 is 0.979 bits per heavy atom. The lowest BCUT2D eigenvalue weighted by atomic mass is 9.97. The number of nitro benzene ring substituents is 1. The largest absolute Gasteiger partial charge is 0.497 e. The lowest BCUT2D eigenvalue weighted by Gasteiger charge is -2.32. The first-order valence-electron chi connectivity index (χ1n) is 16.1. The van der Waals surface area contributed by atoms with Crippen molar-refractivity contribution in [1.29, 1.82) is 0 Å². The van der Waals surface area contributed by atoms with Crippen LogP contribution in [-0.2, 0) is 35.5 Å². The zero-order chi connectivity index (χ0) is 34.0. The lowest BCUT2D eigenvalue weighted by molar-refractivity contribution is -0.384. The van der Waals surface area contributed by atoms with Crippen molar-refractivity contribution in [2.45, 2.75) is 52.2 Å². The van der Waals surface area contributed by atoms with Gasteiger partial charge in [0, 0.05) is 49.7 Å². The zero-order valence-corrected chi connectivity index (χ0v) is 27.5. The molecule has 1 N–H and O–H groups in total. The van der Waals surface area contributed by atoms with E-state index in [9.17, 15) is 19.7 Å². The van der Waals surface area contributed by atoms with Crippen LogP contribution in [0.5, 0.6) is 5.75 Å². The number of aromatic nitrogens is 2. The van der Waals surface area contributed by atoms with Crippen LogP contribution >= 0.6 is 0 Å². The average molecular weight is 648 g/mol. The van der Waals surface area contributed by atoms with E-state index in [1.165, 1.54) is 12.1 Å². The molecule has 10 heteroatoms. The minimum atomic E-state index is -0.431. The van der Waals surface area contributed by atoms with E-state index in [4.69, 9.17) is 4.74 Å². The van der Waals surface area contributed by atoms with Crippen molar-refractivity contribution >= 4 is 28.3 Å². The molecule has 0 spiro atoms. The summed E-state index contributed by atoms with van der Waals surface area (Å²) in [6, 6.07) is 27.9. The van der Waals surface area contributed by atoms with Crippen molar-refractivity contribution < 1.29 is 19.2 Å². The van der Waals surface area contributed by atoms with E-state index >= 15 is 0 Å². The maximum atomic E-state index is 14.0. The summed E-state index contributed by atoms with van der Waals surface area (Å²) < 4.78 is 7.25. The van der Waals surface area contributed by atoms with Gasteiger partial charge in [-0.2, -0.15) is 0 Å². The monoisotopic (exact) mass is 647 g/mol. The van der Waals surface area contributed by atoms with Crippen LogP contribution in [0.25, 0.3) is 10.8 Å². The van der Waals surface area contributed by atoms with Crippen molar-refractivity contribution in [2.24, 2.45) is 5.92 Å². The second-order valence-corrected chi connectivity index (χ2v) is 12.1. The van der Waals surface area contributed by atoms with E-state index < -0.39 is 4.92 Å². The average Bonchev–Trinajstić information content (AvgIpc) is 3.53. The molecule has 0 aliphatic heterocycles. The van der Waals surface area contributed by atoms with Crippen molar-refractivity contribution in [3.8, 4) is 5.75 Å². The molecule has 0 bridgehead atoms. The fourth-order valence-corrected chi connectivity index (χ4v) is 5.83. The van der Waals surface area contributed by atoms with Crippen LogP contribution in [0.2, 0.25) is 0 Å². The number of hydrogen-bond donors (Lipinski definition) is 1. The number of nitrogens with one attached hydrogen (secondary N) is 1. The number of rotatable bonds is 15. The summed E-state index contributed by atoms with van der Waals surface area (Å²) in [5.41, 5.74) is 3.49. The first-order valence-corrected chi connectivity index (χ1v) is 16.1. The number of non-ortho nitro benzene ring substituents is 1. The van der Waals surface area contributed by atoms with E-state index in [1.807, 2.05) is 51.9 Å². The number of amides is 2. The molecule has 0 radical (unpaired) electrons. The van der Waals surface area contributed by atoms with Gasteiger partial charge in [-0.25, -0.2) is 4.98 Å². The second-order valence-electron chi connectivity index (χ2n) is 12.1. The summed E-state index contributed by atoms with van der Waals surface area (Å²) in [5.74, 6) is 0.577. The van der Waals surface area contributed by atoms with Gasteiger partial charge in [0.05, 0.1) is 31.2 Å². The Morgan fingerprint density at radius 2 is 1.73 bits per heavy atom. The Hall–Kier alpha value is -5.51. The maximum Gasteiger partial charge on any atom is 0.269 e. The van der Waals surface area contributed by atoms with Crippen LogP contribution in [0.15, 0.2) is 104 Å². The zero-order valence-electron chi connectivity index (χ0n) is 27.5. The van der Waals surface area contributed by atoms with Gasteiger partial charge in [-0.15, -0.1) is 0 Å². The van der Waals surface area contributed by atoms with E-state index in [0.29, 0.717) is 25.4 Å². The number of nitrogens with zero attached hydrogens (tertiary/aromatic N) is 4. The number of ether oxygens (including phenoxy) is 1. The molecule has 0 fully saturated rings. The Labute approximate surface area is 280 Å². The second kappa shape index (κ2) is 15.9. The molecule has 0 saturated heterocycles. The fourth-order valence-electron chi connectivity index (χ4n) is 5.83. The molecule has 0 unspecified atom stereocenters. The van der Waals surface area contributed by atoms with Crippen LogP contribution < -0.4 is 10.1 Å². The number of carbonyl (C=O) groups excluding carboxylic acids is 2. The summed E-state index contributed by atoms with van der Waals surface area (Å²) in [7, 11) is 1.61. The van der Waals surface area contributed by atoms with Gasteiger partial charge in [-0.1, -0.05) is 87.0 Å². The normalized spacial score (nSPS) is 12.3. The van der Waals surface area contributed by atoms with E-state index in [-0.39, 0.29) is 42.3 Å². The van der Waals surface area contributed by atoms with Gasteiger partial charge in [-0.05, 0) is 45.5 Å². The number of benzene rings is 4. The molecule has 248 valence electrons. The third-order valence-electron chi connectivity index (χ3n) is 8.82. The minimum absolute atomic E-state index is 0.0246. The molecule has 1 heterocycles. The Kier molecular flexibility index (Phi) is 11.2. The molecule has 5 rings (SSSR count). The van der Waals surface area contributed by atoms with Gasteiger partial charge in [0.2, 0.25) is 11.8 Å². The fraction of sp³-hybridized carbons (Fsp3) is 0.289. The van der Waals surface area contributed by atoms with Crippen molar-refractivity contribution in [3.05, 3.63) is 136 Å². The molecule has 4 aromatic carbocycles. The van der Waals surface area contributed by atoms with Crippen LogP contribution in [0.1, 0.15) is 42.7 Å². The molecule has 0 saturated carbocycles. The van der Waals surface area contributed by atoms with Crippen LogP contribution in [0, 0.1) is 16.0 Å². The molecule has 10 nitrogen and oxygen atoms in total. The molecule has 0 aliphatic rings. The predicted octanol–water partition coefficient (Wildman–Crippen LogP) is 6.35. The van der Waals surface area contributed by atoms with Crippen LogP contribution in [0.4, 0.5) is 5.69 Å². The highest BCUT2D eigenvalue weighted by atomic mass is 16.6. The predicted molar refractivity (Wildman–Crippen MR) is 186 cm³/mol. The number of methoxy groups -OCH3 is 1. The molecule has 0 aliphatic carbocycles. The smallest absolute Gasteiger partial charge is 0.269 e. The van der Waals surface area contributed by atoms with Gasteiger partial charge in [0.1, 0.15) is 5.75 Å². The minimum Gasteiger partial charge on any atom is -0.497 e. The van der Waals surface area contributed by atoms with E-state index in [2.05, 4.69) is 48.4 Å². The molecule has 1 aromatic heterocycles.